The molecule has 0 aromatic carbocycles. The highest BCUT2D eigenvalue weighted by molar-refractivity contribution is 6.03. The van der Waals surface area contributed by atoms with Crippen LogP contribution >= 0.6 is 0 Å². The number of hydrogen-bond donors (Lipinski definition) is 2. The largest absolute Gasteiger partial charge is 0.368 e. The van der Waals surface area contributed by atoms with Gasteiger partial charge in [0.2, 0.25) is 0 Å². The molecular formula is C11H16N4. The Hall–Kier alpha value is -1.58. The monoisotopic (exact) mass is 204 g/mol. The summed E-state index contributed by atoms with van der Waals surface area (Å²) >= 11 is 0. The molecule has 0 fully saturated rings. The fourth-order valence-electron chi connectivity index (χ4n) is 1.56. The van der Waals surface area contributed by atoms with E-state index >= 15 is 0 Å². The molecule has 2 rings (SSSR count). The average molecular weight is 204 g/mol. The first-order chi connectivity index (χ1) is 7.27. The lowest BCUT2D eigenvalue weighted by molar-refractivity contribution is 0.887. The van der Waals surface area contributed by atoms with Gasteiger partial charge in [-0.15, -0.1) is 0 Å². The minimum absolute atomic E-state index is 0.376. The molecule has 2 N–H and O–H groups in total. The highest BCUT2D eigenvalue weighted by atomic mass is 15.1. The summed E-state index contributed by atoms with van der Waals surface area (Å²) in [6, 6.07) is 4.35. The van der Waals surface area contributed by atoms with Crippen molar-refractivity contribution < 1.29 is 0 Å². The summed E-state index contributed by atoms with van der Waals surface area (Å²) in [7, 11) is 0. The number of amidine groups is 1. The summed E-state index contributed by atoms with van der Waals surface area (Å²) in [5.41, 5.74) is 1.06. The van der Waals surface area contributed by atoms with Gasteiger partial charge in [-0.25, -0.2) is 4.98 Å². The minimum Gasteiger partial charge on any atom is -0.368 e. The Morgan fingerprint density at radius 1 is 1.47 bits per heavy atom. The molecule has 15 heavy (non-hydrogen) atoms. The maximum atomic E-state index is 4.40. The van der Waals surface area contributed by atoms with Gasteiger partial charge in [0.05, 0.1) is 12.1 Å². The van der Waals surface area contributed by atoms with Gasteiger partial charge in [0.1, 0.15) is 11.7 Å². The molecule has 1 aliphatic heterocycles. The van der Waals surface area contributed by atoms with Crippen molar-refractivity contribution in [3.05, 3.63) is 23.9 Å². The normalized spacial score (nSPS) is 15.0. The van der Waals surface area contributed by atoms with E-state index in [0.717, 1.165) is 30.3 Å². The van der Waals surface area contributed by atoms with E-state index in [2.05, 4.69) is 34.5 Å². The van der Waals surface area contributed by atoms with Crippen LogP contribution in [0.4, 0.5) is 5.82 Å². The minimum atomic E-state index is 0.376. The fraction of sp³-hybridized carbons (Fsp3) is 0.455. The summed E-state index contributed by atoms with van der Waals surface area (Å²) in [4.78, 5) is 8.73. The molecule has 0 saturated carbocycles. The summed E-state index contributed by atoms with van der Waals surface area (Å²) in [6.07, 6.45) is 1.80. The highest BCUT2D eigenvalue weighted by Gasteiger charge is 2.13. The molecular weight excluding hydrogens is 188 g/mol. The van der Waals surface area contributed by atoms with Crippen LogP contribution in [0.3, 0.4) is 0 Å². The second-order valence-corrected chi connectivity index (χ2v) is 3.86. The maximum Gasteiger partial charge on any atom is 0.137 e. The lowest BCUT2D eigenvalue weighted by Gasteiger charge is -2.13. The summed E-state index contributed by atoms with van der Waals surface area (Å²) in [5, 5.41) is 6.57. The van der Waals surface area contributed by atoms with E-state index in [9.17, 15) is 0 Å². The van der Waals surface area contributed by atoms with Crippen LogP contribution in [0.5, 0.6) is 0 Å². The highest BCUT2D eigenvalue weighted by Crippen LogP contribution is 2.14. The van der Waals surface area contributed by atoms with Crippen molar-refractivity contribution in [1.29, 1.82) is 0 Å². The Labute approximate surface area is 89.8 Å². The van der Waals surface area contributed by atoms with E-state index in [1.54, 1.807) is 6.20 Å². The molecule has 0 atom stereocenters. The molecule has 80 valence electrons. The molecule has 0 radical (unpaired) electrons. The lowest BCUT2D eigenvalue weighted by atomic mass is 10.2. The van der Waals surface area contributed by atoms with E-state index in [-0.39, 0.29) is 0 Å². The molecule has 1 aromatic rings. The summed E-state index contributed by atoms with van der Waals surface area (Å²) in [6.45, 7) is 5.97. The first-order valence-corrected chi connectivity index (χ1v) is 5.27. The van der Waals surface area contributed by atoms with E-state index in [1.807, 2.05) is 12.1 Å². The Balaban J connectivity index is 2.29. The van der Waals surface area contributed by atoms with Gasteiger partial charge in [0.25, 0.3) is 0 Å². The van der Waals surface area contributed by atoms with Crippen molar-refractivity contribution in [2.45, 2.75) is 19.9 Å². The standard InChI is InChI=1S/C11H16N4/c1-8(2)15-11-9(4-3-5-12-11)10-13-6-7-14-10/h3-5,8H,6-7H2,1-2H3,(H,12,15)(H,13,14). The van der Waals surface area contributed by atoms with Gasteiger partial charge >= 0.3 is 0 Å². The third kappa shape index (κ3) is 2.26. The van der Waals surface area contributed by atoms with E-state index < -0.39 is 0 Å². The Morgan fingerprint density at radius 2 is 2.33 bits per heavy atom. The van der Waals surface area contributed by atoms with Crippen LogP contribution in [0.2, 0.25) is 0 Å². The van der Waals surface area contributed by atoms with Crippen molar-refractivity contribution in [2.24, 2.45) is 4.99 Å². The fourth-order valence-corrected chi connectivity index (χ4v) is 1.56. The van der Waals surface area contributed by atoms with Crippen LogP contribution in [0, 0.1) is 0 Å². The zero-order valence-corrected chi connectivity index (χ0v) is 9.12. The van der Waals surface area contributed by atoms with Crippen LogP contribution in [0.1, 0.15) is 19.4 Å². The number of pyridine rings is 1. The Morgan fingerprint density at radius 3 is 3.00 bits per heavy atom. The number of hydrogen-bond acceptors (Lipinski definition) is 4. The third-order valence-corrected chi connectivity index (χ3v) is 2.16. The number of aliphatic imine (C=N–C) groups is 1. The predicted molar refractivity (Wildman–Crippen MR) is 62.4 cm³/mol. The molecule has 0 unspecified atom stereocenters. The zero-order chi connectivity index (χ0) is 10.7. The van der Waals surface area contributed by atoms with E-state index in [1.165, 1.54) is 0 Å². The number of aromatic nitrogens is 1. The summed E-state index contributed by atoms with van der Waals surface area (Å²) < 4.78 is 0. The Bertz CT molecular complexity index is 371. The molecule has 1 aliphatic rings. The van der Waals surface area contributed by atoms with Gasteiger partial charge in [-0.2, -0.15) is 0 Å². The molecule has 0 aliphatic carbocycles. The van der Waals surface area contributed by atoms with Gasteiger partial charge in [-0.05, 0) is 26.0 Å². The van der Waals surface area contributed by atoms with E-state index in [0.29, 0.717) is 6.04 Å². The SMILES string of the molecule is CC(C)Nc1ncccc1C1=NCCN1. The first kappa shape index (κ1) is 9.96. The van der Waals surface area contributed by atoms with Gasteiger partial charge in [0.15, 0.2) is 0 Å². The number of rotatable bonds is 3. The first-order valence-electron chi connectivity index (χ1n) is 5.27. The second kappa shape index (κ2) is 4.29. The smallest absolute Gasteiger partial charge is 0.137 e. The molecule has 2 heterocycles. The number of anilines is 1. The molecule has 4 heteroatoms. The molecule has 0 spiro atoms. The van der Waals surface area contributed by atoms with Crippen molar-refractivity contribution in [2.75, 3.05) is 18.4 Å². The Kier molecular flexibility index (Phi) is 2.85. The van der Waals surface area contributed by atoms with E-state index in [4.69, 9.17) is 0 Å². The molecule has 4 nitrogen and oxygen atoms in total. The topological polar surface area (TPSA) is 49.3 Å². The van der Waals surface area contributed by atoms with Crippen molar-refractivity contribution in [1.82, 2.24) is 10.3 Å². The van der Waals surface area contributed by atoms with Gasteiger partial charge in [0, 0.05) is 18.8 Å². The van der Waals surface area contributed by atoms with Crippen molar-refractivity contribution in [3.63, 3.8) is 0 Å². The van der Waals surface area contributed by atoms with Crippen LogP contribution < -0.4 is 10.6 Å². The van der Waals surface area contributed by atoms with Crippen LogP contribution in [-0.4, -0.2) is 30.0 Å². The van der Waals surface area contributed by atoms with Gasteiger partial charge < -0.3 is 10.6 Å². The molecule has 0 bridgehead atoms. The average Bonchev–Trinajstić information content (AvgIpc) is 2.70. The number of nitrogens with zero attached hydrogens (tertiary/aromatic N) is 2. The van der Waals surface area contributed by atoms with Crippen LogP contribution in [0.15, 0.2) is 23.3 Å². The van der Waals surface area contributed by atoms with Crippen molar-refractivity contribution in [3.8, 4) is 0 Å². The molecule has 0 amide bonds. The number of nitrogens with one attached hydrogen (secondary N) is 2. The zero-order valence-electron chi connectivity index (χ0n) is 9.12. The van der Waals surface area contributed by atoms with Crippen LogP contribution in [-0.2, 0) is 0 Å². The van der Waals surface area contributed by atoms with Gasteiger partial charge in [-0.3, -0.25) is 4.99 Å². The third-order valence-electron chi connectivity index (χ3n) is 2.16. The second-order valence-electron chi connectivity index (χ2n) is 3.86. The predicted octanol–water partition coefficient (Wildman–Crippen LogP) is 1.25. The quantitative estimate of drug-likeness (QED) is 0.779. The van der Waals surface area contributed by atoms with Crippen molar-refractivity contribution >= 4 is 11.7 Å². The summed E-state index contributed by atoms with van der Waals surface area (Å²) in [5.74, 6) is 1.85. The molecule has 1 aromatic heterocycles. The molecule has 0 saturated heterocycles. The lowest BCUT2D eigenvalue weighted by Crippen LogP contribution is -2.22. The maximum absolute atomic E-state index is 4.40. The van der Waals surface area contributed by atoms with Gasteiger partial charge in [-0.1, -0.05) is 0 Å². The van der Waals surface area contributed by atoms with Crippen LogP contribution in [0.25, 0.3) is 0 Å².